The van der Waals surface area contributed by atoms with Crippen molar-refractivity contribution in [2.75, 3.05) is 0 Å². The Labute approximate surface area is 109 Å². The second-order valence-corrected chi connectivity index (χ2v) is 3.79. The van der Waals surface area contributed by atoms with Crippen LogP contribution in [-0.4, -0.2) is 10.9 Å². The van der Waals surface area contributed by atoms with Crippen LogP contribution in [0.5, 0.6) is 5.75 Å². The molecule has 0 saturated heterocycles. The first kappa shape index (κ1) is 14.0. The molecular formula is C13H5F5O2. The molecule has 0 fully saturated rings. The summed E-state index contributed by atoms with van der Waals surface area (Å²) in [4.78, 5) is 11.8. The third-order valence-corrected chi connectivity index (χ3v) is 2.59. The molecule has 20 heavy (non-hydrogen) atoms. The highest BCUT2D eigenvalue weighted by atomic mass is 19.2. The van der Waals surface area contributed by atoms with E-state index in [1.54, 1.807) is 0 Å². The number of carbonyl (C=O) groups excluding carboxylic acids is 1. The minimum absolute atomic E-state index is 0.573. The van der Waals surface area contributed by atoms with Gasteiger partial charge in [-0.25, -0.2) is 22.0 Å². The Bertz CT molecular complexity index is 683. The van der Waals surface area contributed by atoms with E-state index < -0.39 is 51.7 Å². The number of phenols is 1. The molecule has 0 radical (unpaired) electrons. The Hall–Kier alpha value is -2.44. The van der Waals surface area contributed by atoms with Gasteiger partial charge in [0.05, 0.1) is 5.56 Å². The third kappa shape index (κ3) is 2.01. The summed E-state index contributed by atoms with van der Waals surface area (Å²) in [6.45, 7) is 0. The standard InChI is InChI=1S/C13H5F5O2/c14-8-7(9(15)11(17)12(18)10(8)16)13(20)5-3-1-2-4-6(5)19/h1-4,19H. The van der Waals surface area contributed by atoms with Crippen LogP contribution in [0, 0.1) is 29.1 Å². The second-order valence-electron chi connectivity index (χ2n) is 3.79. The zero-order valence-electron chi connectivity index (χ0n) is 9.55. The molecule has 7 heteroatoms. The average molecular weight is 288 g/mol. The SMILES string of the molecule is O=C(c1ccccc1O)c1c(F)c(F)c(F)c(F)c1F. The number of phenolic OH excluding ortho intramolecular Hbond substituents is 1. The number of halogens is 5. The topological polar surface area (TPSA) is 37.3 Å². The Morgan fingerprint density at radius 2 is 1.25 bits per heavy atom. The van der Waals surface area contributed by atoms with Crippen molar-refractivity contribution in [3.8, 4) is 5.75 Å². The number of rotatable bonds is 2. The van der Waals surface area contributed by atoms with Crippen molar-refractivity contribution in [1.82, 2.24) is 0 Å². The first-order chi connectivity index (χ1) is 9.36. The Kier molecular flexibility index (Phi) is 3.44. The molecule has 104 valence electrons. The fourth-order valence-electron chi connectivity index (χ4n) is 1.60. The summed E-state index contributed by atoms with van der Waals surface area (Å²) in [7, 11) is 0. The van der Waals surface area contributed by atoms with Gasteiger partial charge in [0, 0.05) is 0 Å². The molecule has 0 aromatic heterocycles. The maximum Gasteiger partial charge on any atom is 0.202 e. The van der Waals surface area contributed by atoms with Crippen molar-refractivity contribution in [2.45, 2.75) is 0 Å². The summed E-state index contributed by atoms with van der Waals surface area (Å²) in [5, 5.41) is 9.39. The molecular weight excluding hydrogens is 283 g/mol. The molecule has 2 aromatic carbocycles. The number of aromatic hydroxyl groups is 1. The van der Waals surface area contributed by atoms with Crippen LogP contribution in [0.4, 0.5) is 22.0 Å². The van der Waals surface area contributed by atoms with Gasteiger partial charge in [-0.05, 0) is 12.1 Å². The van der Waals surface area contributed by atoms with Gasteiger partial charge in [-0.2, -0.15) is 0 Å². The van der Waals surface area contributed by atoms with Crippen LogP contribution in [0.3, 0.4) is 0 Å². The van der Waals surface area contributed by atoms with Gasteiger partial charge in [0.25, 0.3) is 0 Å². The minimum atomic E-state index is -2.35. The lowest BCUT2D eigenvalue weighted by atomic mass is 10.0. The molecule has 0 bridgehead atoms. The minimum Gasteiger partial charge on any atom is -0.507 e. The lowest BCUT2D eigenvalue weighted by Gasteiger charge is -2.08. The van der Waals surface area contributed by atoms with Crippen LogP contribution >= 0.6 is 0 Å². The van der Waals surface area contributed by atoms with Crippen molar-refractivity contribution in [3.05, 3.63) is 64.5 Å². The summed E-state index contributed by atoms with van der Waals surface area (Å²) in [5.74, 6) is -13.4. The van der Waals surface area contributed by atoms with E-state index in [0.29, 0.717) is 0 Å². The van der Waals surface area contributed by atoms with Crippen LogP contribution < -0.4 is 0 Å². The summed E-state index contributed by atoms with van der Waals surface area (Å²) in [6.07, 6.45) is 0. The summed E-state index contributed by atoms with van der Waals surface area (Å²) >= 11 is 0. The summed E-state index contributed by atoms with van der Waals surface area (Å²) < 4.78 is 65.8. The molecule has 0 aliphatic rings. The van der Waals surface area contributed by atoms with E-state index in [4.69, 9.17) is 0 Å². The van der Waals surface area contributed by atoms with Gasteiger partial charge in [-0.15, -0.1) is 0 Å². The second kappa shape index (κ2) is 4.92. The normalized spacial score (nSPS) is 10.7. The first-order valence-electron chi connectivity index (χ1n) is 5.20. The van der Waals surface area contributed by atoms with Gasteiger partial charge in [-0.1, -0.05) is 12.1 Å². The first-order valence-corrected chi connectivity index (χ1v) is 5.20. The van der Waals surface area contributed by atoms with E-state index in [2.05, 4.69) is 0 Å². The van der Waals surface area contributed by atoms with Crippen LogP contribution in [-0.2, 0) is 0 Å². The molecule has 0 spiro atoms. The monoisotopic (exact) mass is 288 g/mol. The Morgan fingerprint density at radius 1 is 0.800 bits per heavy atom. The highest BCUT2D eigenvalue weighted by molar-refractivity contribution is 6.11. The smallest absolute Gasteiger partial charge is 0.202 e. The van der Waals surface area contributed by atoms with Crippen molar-refractivity contribution < 1.29 is 31.9 Å². The zero-order valence-corrected chi connectivity index (χ0v) is 9.55. The van der Waals surface area contributed by atoms with Crippen LogP contribution in [0.25, 0.3) is 0 Å². The number of hydrogen-bond acceptors (Lipinski definition) is 2. The maximum absolute atomic E-state index is 13.4. The largest absolute Gasteiger partial charge is 0.507 e. The molecule has 0 amide bonds. The van der Waals surface area contributed by atoms with Gasteiger partial charge in [-0.3, -0.25) is 4.79 Å². The van der Waals surface area contributed by atoms with Crippen LogP contribution in [0.15, 0.2) is 24.3 Å². The molecule has 0 aliphatic heterocycles. The van der Waals surface area contributed by atoms with Crippen molar-refractivity contribution in [3.63, 3.8) is 0 Å². The van der Waals surface area contributed by atoms with Crippen molar-refractivity contribution in [1.29, 1.82) is 0 Å². The number of benzene rings is 2. The van der Waals surface area contributed by atoms with E-state index in [0.717, 1.165) is 12.1 Å². The Balaban J connectivity index is 2.71. The lowest BCUT2D eigenvalue weighted by Crippen LogP contribution is -2.13. The molecule has 2 nitrogen and oxygen atoms in total. The van der Waals surface area contributed by atoms with Gasteiger partial charge >= 0.3 is 0 Å². The number of carbonyl (C=O) groups is 1. The molecule has 0 heterocycles. The molecule has 2 aromatic rings. The lowest BCUT2D eigenvalue weighted by molar-refractivity contribution is 0.102. The van der Waals surface area contributed by atoms with Gasteiger partial charge in [0.15, 0.2) is 23.3 Å². The third-order valence-electron chi connectivity index (χ3n) is 2.59. The molecule has 0 aliphatic carbocycles. The van der Waals surface area contributed by atoms with E-state index in [9.17, 15) is 31.9 Å². The predicted octanol–water partition coefficient (Wildman–Crippen LogP) is 3.32. The van der Waals surface area contributed by atoms with Crippen LogP contribution in [0.1, 0.15) is 15.9 Å². The number of ketones is 1. The predicted molar refractivity (Wildman–Crippen MR) is 57.8 cm³/mol. The van der Waals surface area contributed by atoms with E-state index >= 15 is 0 Å². The van der Waals surface area contributed by atoms with Crippen molar-refractivity contribution in [2.24, 2.45) is 0 Å². The molecule has 0 saturated carbocycles. The summed E-state index contributed by atoms with van der Waals surface area (Å²) in [5.41, 5.74) is -2.18. The van der Waals surface area contributed by atoms with Crippen molar-refractivity contribution >= 4 is 5.78 Å². The molecule has 0 atom stereocenters. The molecule has 2 rings (SSSR count). The van der Waals surface area contributed by atoms with E-state index in [1.807, 2.05) is 0 Å². The fourth-order valence-corrected chi connectivity index (χ4v) is 1.60. The van der Waals surface area contributed by atoms with Gasteiger partial charge in [0.2, 0.25) is 11.6 Å². The van der Waals surface area contributed by atoms with Gasteiger partial charge < -0.3 is 5.11 Å². The average Bonchev–Trinajstić information content (AvgIpc) is 2.43. The Morgan fingerprint density at radius 3 is 1.75 bits per heavy atom. The molecule has 1 N–H and O–H groups in total. The highest BCUT2D eigenvalue weighted by Gasteiger charge is 2.30. The molecule has 0 unspecified atom stereocenters. The van der Waals surface area contributed by atoms with E-state index in [-0.39, 0.29) is 0 Å². The highest BCUT2D eigenvalue weighted by Crippen LogP contribution is 2.27. The number of hydrogen-bond donors (Lipinski definition) is 1. The fraction of sp³-hybridized carbons (Fsp3) is 0. The van der Waals surface area contributed by atoms with Gasteiger partial charge in [0.1, 0.15) is 11.3 Å². The quantitative estimate of drug-likeness (QED) is 0.398. The van der Waals surface area contributed by atoms with Crippen LogP contribution in [0.2, 0.25) is 0 Å². The van der Waals surface area contributed by atoms with E-state index in [1.165, 1.54) is 12.1 Å². The zero-order chi connectivity index (χ0) is 15.0. The number of para-hydroxylation sites is 1. The maximum atomic E-state index is 13.4. The summed E-state index contributed by atoms with van der Waals surface area (Å²) in [6, 6.07) is 4.62.